The fourth-order valence-corrected chi connectivity index (χ4v) is 2.02. The summed E-state index contributed by atoms with van der Waals surface area (Å²) in [5, 5.41) is 3.60. The Balaban J connectivity index is 2.13. The van der Waals surface area contributed by atoms with Crippen LogP contribution in [0.1, 0.15) is 0 Å². The second-order valence-electron chi connectivity index (χ2n) is 3.82. The van der Waals surface area contributed by atoms with Gasteiger partial charge in [-0.3, -0.25) is 4.79 Å². The number of rotatable bonds is 3. The standard InChI is InChI=1S/C14H11Cl2NO2S/c1-20-14(18)17-10-4-7-13(12(16)8-10)19-11-5-2-9(15)3-6-11/h2-8H,1H3,(H,17,18). The van der Waals surface area contributed by atoms with Crippen LogP contribution in [0.25, 0.3) is 0 Å². The van der Waals surface area contributed by atoms with Crippen molar-refractivity contribution in [3.63, 3.8) is 0 Å². The van der Waals surface area contributed by atoms with Gasteiger partial charge < -0.3 is 10.1 Å². The molecule has 2 rings (SSSR count). The molecule has 1 N–H and O–H groups in total. The third-order valence-electron chi connectivity index (χ3n) is 2.41. The first kappa shape index (κ1) is 15.0. The van der Waals surface area contributed by atoms with Gasteiger partial charge in [0, 0.05) is 10.7 Å². The van der Waals surface area contributed by atoms with Gasteiger partial charge in [0.25, 0.3) is 5.24 Å². The molecule has 0 atom stereocenters. The predicted octanol–water partition coefficient (Wildman–Crippen LogP) is 5.68. The molecule has 3 nitrogen and oxygen atoms in total. The van der Waals surface area contributed by atoms with E-state index in [0.717, 1.165) is 11.8 Å². The van der Waals surface area contributed by atoms with E-state index in [1.807, 2.05) is 0 Å². The van der Waals surface area contributed by atoms with Gasteiger partial charge in [-0.25, -0.2) is 0 Å². The molecular weight excluding hydrogens is 317 g/mol. The van der Waals surface area contributed by atoms with Gasteiger partial charge >= 0.3 is 0 Å². The average Bonchev–Trinajstić information content (AvgIpc) is 2.44. The Kier molecular flexibility index (Phi) is 5.17. The first-order valence-electron chi connectivity index (χ1n) is 5.66. The van der Waals surface area contributed by atoms with E-state index >= 15 is 0 Å². The summed E-state index contributed by atoms with van der Waals surface area (Å²) in [7, 11) is 0. The maximum atomic E-state index is 11.3. The molecule has 0 spiro atoms. The fourth-order valence-electron chi connectivity index (χ4n) is 1.46. The van der Waals surface area contributed by atoms with Crippen molar-refractivity contribution >= 4 is 45.9 Å². The number of halogens is 2. The molecule has 0 radical (unpaired) electrons. The zero-order valence-corrected chi connectivity index (χ0v) is 12.9. The average molecular weight is 328 g/mol. The number of benzene rings is 2. The van der Waals surface area contributed by atoms with Crippen LogP contribution in [0.5, 0.6) is 11.5 Å². The topological polar surface area (TPSA) is 38.3 Å². The number of hydrogen-bond acceptors (Lipinski definition) is 3. The molecule has 0 fully saturated rings. The number of carbonyl (C=O) groups is 1. The maximum Gasteiger partial charge on any atom is 0.283 e. The Bertz CT molecular complexity index is 617. The predicted molar refractivity (Wildman–Crippen MR) is 85.5 cm³/mol. The van der Waals surface area contributed by atoms with E-state index in [-0.39, 0.29) is 5.24 Å². The molecule has 0 saturated carbocycles. The minimum absolute atomic E-state index is 0.146. The Labute approximate surface area is 131 Å². The summed E-state index contributed by atoms with van der Waals surface area (Å²) >= 11 is 13.0. The number of nitrogens with one attached hydrogen (secondary N) is 1. The second kappa shape index (κ2) is 6.88. The minimum atomic E-state index is -0.146. The van der Waals surface area contributed by atoms with Crippen molar-refractivity contribution in [2.45, 2.75) is 0 Å². The zero-order valence-electron chi connectivity index (χ0n) is 10.5. The monoisotopic (exact) mass is 327 g/mol. The van der Waals surface area contributed by atoms with Crippen LogP contribution in [0.3, 0.4) is 0 Å². The molecule has 2 aromatic rings. The summed E-state index contributed by atoms with van der Waals surface area (Å²) in [4.78, 5) is 11.3. The highest BCUT2D eigenvalue weighted by molar-refractivity contribution is 8.13. The Morgan fingerprint density at radius 3 is 2.45 bits per heavy atom. The molecule has 0 unspecified atom stereocenters. The minimum Gasteiger partial charge on any atom is -0.456 e. The van der Waals surface area contributed by atoms with Crippen molar-refractivity contribution in [1.82, 2.24) is 0 Å². The van der Waals surface area contributed by atoms with Gasteiger partial charge in [-0.1, -0.05) is 35.0 Å². The van der Waals surface area contributed by atoms with Crippen LogP contribution in [0.2, 0.25) is 10.0 Å². The van der Waals surface area contributed by atoms with Gasteiger partial charge in [0.15, 0.2) is 0 Å². The highest BCUT2D eigenvalue weighted by Crippen LogP contribution is 2.32. The smallest absolute Gasteiger partial charge is 0.283 e. The summed E-state index contributed by atoms with van der Waals surface area (Å²) in [6.45, 7) is 0. The molecule has 6 heteroatoms. The molecule has 0 saturated heterocycles. The zero-order chi connectivity index (χ0) is 14.5. The van der Waals surface area contributed by atoms with Crippen molar-refractivity contribution in [2.75, 3.05) is 11.6 Å². The molecule has 0 aliphatic heterocycles. The van der Waals surface area contributed by atoms with Gasteiger partial charge in [0.2, 0.25) is 0 Å². The van der Waals surface area contributed by atoms with Gasteiger partial charge in [0.05, 0.1) is 5.02 Å². The summed E-state index contributed by atoms with van der Waals surface area (Å²) in [5.41, 5.74) is 0.623. The molecule has 20 heavy (non-hydrogen) atoms. The summed E-state index contributed by atoms with van der Waals surface area (Å²) in [5.74, 6) is 1.15. The summed E-state index contributed by atoms with van der Waals surface area (Å²) in [6.07, 6.45) is 1.70. The van der Waals surface area contributed by atoms with Crippen molar-refractivity contribution in [1.29, 1.82) is 0 Å². The van der Waals surface area contributed by atoms with Crippen molar-refractivity contribution < 1.29 is 9.53 Å². The Morgan fingerprint density at radius 2 is 1.85 bits per heavy atom. The van der Waals surface area contributed by atoms with E-state index in [9.17, 15) is 4.79 Å². The maximum absolute atomic E-state index is 11.3. The molecule has 0 aliphatic rings. The van der Waals surface area contributed by atoms with E-state index in [0.29, 0.717) is 27.2 Å². The normalized spacial score (nSPS) is 10.2. The van der Waals surface area contributed by atoms with Crippen molar-refractivity contribution in [3.8, 4) is 11.5 Å². The molecule has 2 aromatic carbocycles. The van der Waals surface area contributed by atoms with E-state index in [2.05, 4.69) is 5.32 Å². The fraction of sp³-hybridized carbons (Fsp3) is 0.0714. The Morgan fingerprint density at radius 1 is 1.15 bits per heavy atom. The second-order valence-corrected chi connectivity index (χ2v) is 5.44. The van der Waals surface area contributed by atoms with Crippen LogP contribution in [-0.4, -0.2) is 11.5 Å². The van der Waals surface area contributed by atoms with Crippen LogP contribution >= 0.6 is 35.0 Å². The molecule has 104 valence electrons. The lowest BCUT2D eigenvalue weighted by atomic mass is 10.3. The van der Waals surface area contributed by atoms with Crippen molar-refractivity contribution in [2.24, 2.45) is 0 Å². The van der Waals surface area contributed by atoms with Crippen LogP contribution in [0, 0.1) is 0 Å². The lowest BCUT2D eigenvalue weighted by molar-refractivity contribution is 0.270. The number of ether oxygens (including phenoxy) is 1. The molecule has 0 aliphatic carbocycles. The summed E-state index contributed by atoms with van der Waals surface area (Å²) in [6, 6.07) is 12.0. The van der Waals surface area contributed by atoms with Gasteiger partial charge in [-0.2, -0.15) is 0 Å². The number of carbonyl (C=O) groups excluding carboxylic acids is 1. The highest BCUT2D eigenvalue weighted by Gasteiger charge is 2.06. The molecular formula is C14H11Cl2NO2S. The largest absolute Gasteiger partial charge is 0.456 e. The van der Waals surface area contributed by atoms with Crippen LogP contribution in [-0.2, 0) is 0 Å². The first-order valence-corrected chi connectivity index (χ1v) is 7.64. The van der Waals surface area contributed by atoms with E-state index in [1.165, 1.54) is 0 Å². The number of anilines is 1. The number of thioether (sulfide) groups is 1. The summed E-state index contributed by atoms with van der Waals surface area (Å²) < 4.78 is 5.64. The lowest BCUT2D eigenvalue weighted by Gasteiger charge is -2.09. The van der Waals surface area contributed by atoms with Gasteiger partial charge in [-0.15, -0.1) is 0 Å². The van der Waals surface area contributed by atoms with Gasteiger partial charge in [-0.05, 0) is 48.7 Å². The first-order chi connectivity index (χ1) is 9.58. The number of hydrogen-bond donors (Lipinski definition) is 1. The highest BCUT2D eigenvalue weighted by atomic mass is 35.5. The van der Waals surface area contributed by atoms with E-state index < -0.39 is 0 Å². The molecule has 1 amide bonds. The van der Waals surface area contributed by atoms with Crippen molar-refractivity contribution in [3.05, 3.63) is 52.5 Å². The van der Waals surface area contributed by atoms with E-state index in [4.69, 9.17) is 27.9 Å². The third-order valence-corrected chi connectivity index (χ3v) is 3.43. The molecule has 0 bridgehead atoms. The van der Waals surface area contributed by atoms with E-state index in [1.54, 1.807) is 48.7 Å². The van der Waals surface area contributed by atoms with Crippen LogP contribution in [0.15, 0.2) is 42.5 Å². The third kappa shape index (κ3) is 4.07. The van der Waals surface area contributed by atoms with Crippen LogP contribution < -0.4 is 10.1 Å². The molecule has 0 heterocycles. The number of amides is 1. The Hall–Kier alpha value is -1.36. The van der Waals surface area contributed by atoms with Gasteiger partial charge in [0.1, 0.15) is 11.5 Å². The SMILES string of the molecule is CSC(=O)Nc1ccc(Oc2ccc(Cl)cc2)c(Cl)c1. The van der Waals surface area contributed by atoms with Crippen LogP contribution in [0.4, 0.5) is 10.5 Å². The quantitative estimate of drug-likeness (QED) is 0.787. The molecule has 0 aromatic heterocycles. The lowest BCUT2D eigenvalue weighted by Crippen LogP contribution is -2.03.